The van der Waals surface area contributed by atoms with Gasteiger partial charge in [-0.15, -0.1) is 0 Å². The fourth-order valence-electron chi connectivity index (χ4n) is 3.11. The highest BCUT2D eigenvalue weighted by Gasteiger charge is 2.07. The maximum Gasteiger partial charge on any atom is 0.119 e. The Balaban J connectivity index is 1.92. The fourth-order valence-corrected chi connectivity index (χ4v) is 3.11. The molecule has 0 atom stereocenters. The Hall–Kier alpha value is -2.80. The highest BCUT2D eigenvalue weighted by atomic mass is 16.5. The third kappa shape index (κ3) is 3.83. The maximum absolute atomic E-state index is 5.38. The number of ether oxygens (including phenoxy) is 1. The molecule has 0 bridgehead atoms. The van der Waals surface area contributed by atoms with Gasteiger partial charge in [0.15, 0.2) is 0 Å². The van der Waals surface area contributed by atoms with E-state index in [4.69, 9.17) is 4.74 Å². The Morgan fingerprint density at radius 1 is 0.840 bits per heavy atom. The quantitative estimate of drug-likeness (QED) is 0.494. The minimum absolute atomic E-state index is 0.922. The molecule has 1 heteroatoms. The van der Waals surface area contributed by atoms with Crippen molar-refractivity contribution in [3.05, 3.63) is 84.4 Å². The van der Waals surface area contributed by atoms with Crippen LogP contribution in [0.2, 0.25) is 0 Å². The van der Waals surface area contributed by atoms with Crippen LogP contribution in [0.1, 0.15) is 24.5 Å². The Labute approximate surface area is 150 Å². The van der Waals surface area contributed by atoms with Gasteiger partial charge in [-0.25, -0.2) is 0 Å². The molecule has 126 valence electrons. The van der Waals surface area contributed by atoms with Gasteiger partial charge in [-0.2, -0.15) is 0 Å². The smallest absolute Gasteiger partial charge is 0.119 e. The van der Waals surface area contributed by atoms with Gasteiger partial charge in [0.1, 0.15) is 5.75 Å². The molecule has 3 rings (SSSR count). The van der Waals surface area contributed by atoms with Crippen molar-refractivity contribution in [2.75, 3.05) is 7.11 Å². The molecule has 0 saturated heterocycles. The topological polar surface area (TPSA) is 9.23 Å². The van der Waals surface area contributed by atoms with E-state index >= 15 is 0 Å². The minimum atomic E-state index is 0.922. The van der Waals surface area contributed by atoms with Crippen LogP contribution in [0.3, 0.4) is 0 Å². The van der Waals surface area contributed by atoms with Crippen molar-refractivity contribution >= 4 is 6.08 Å². The van der Waals surface area contributed by atoms with E-state index in [1.165, 1.54) is 27.8 Å². The van der Waals surface area contributed by atoms with Gasteiger partial charge in [-0.3, -0.25) is 0 Å². The molecule has 0 fully saturated rings. The first-order valence-electron chi connectivity index (χ1n) is 8.75. The van der Waals surface area contributed by atoms with Crippen LogP contribution in [-0.2, 0) is 6.42 Å². The van der Waals surface area contributed by atoms with Crippen molar-refractivity contribution in [1.29, 1.82) is 0 Å². The summed E-state index contributed by atoms with van der Waals surface area (Å²) in [5.74, 6) is 0.922. The lowest BCUT2D eigenvalue weighted by atomic mass is 9.94. The molecule has 0 N–H and O–H groups in total. The van der Waals surface area contributed by atoms with E-state index in [2.05, 4.69) is 74.2 Å². The van der Waals surface area contributed by atoms with Gasteiger partial charge >= 0.3 is 0 Å². The standard InChI is InChI=1S/C24H24O/c1-4-6-22-17-23(25-3)15-16-24(22)21-13-11-20(12-14-21)19-9-7-18(5-2)8-10-19/h5,7-17H,2,4,6H2,1,3H3. The van der Waals surface area contributed by atoms with E-state index in [0.29, 0.717) is 0 Å². The third-order valence-electron chi connectivity index (χ3n) is 4.51. The Kier molecular flexibility index (Phi) is 5.35. The van der Waals surface area contributed by atoms with E-state index in [9.17, 15) is 0 Å². The number of rotatable bonds is 6. The van der Waals surface area contributed by atoms with E-state index < -0.39 is 0 Å². The van der Waals surface area contributed by atoms with Gasteiger partial charge in [-0.05, 0) is 51.9 Å². The van der Waals surface area contributed by atoms with E-state index in [-0.39, 0.29) is 0 Å². The van der Waals surface area contributed by atoms with Gasteiger partial charge in [0.25, 0.3) is 0 Å². The van der Waals surface area contributed by atoms with Crippen LogP contribution in [0, 0.1) is 0 Å². The SMILES string of the molecule is C=Cc1ccc(-c2ccc(-c3ccc(OC)cc3CCC)cc2)cc1. The molecule has 0 spiro atoms. The zero-order valence-electron chi connectivity index (χ0n) is 15.0. The largest absolute Gasteiger partial charge is 0.497 e. The molecule has 25 heavy (non-hydrogen) atoms. The molecule has 0 aliphatic rings. The van der Waals surface area contributed by atoms with Crippen molar-refractivity contribution in [2.45, 2.75) is 19.8 Å². The van der Waals surface area contributed by atoms with Gasteiger partial charge in [0, 0.05) is 0 Å². The first-order valence-corrected chi connectivity index (χ1v) is 8.75. The van der Waals surface area contributed by atoms with Crippen LogP contribution in [-0.4, -0.2) is 7.11 Å². The second-order valence-electron chi connectivity index (χ2n) is 6.18. The monoisotopic (exact) mass is 328 g/mol. The van der Waals surface area contributed by atoms with E-state index in [1.807, 2.05) is 12.1 Å². The zero-order chi connectivity index (χ0) is 17.6. The van der Waals surface area contributed by atoms with Crippen molar-refractivity contribution in [2.24, 2.45) is 0 Å². The number of benzene rings is 3. The maximum atomic E-state index is 5.38. The summed E-state index contributed by atoms with van der Waals surface area (Å²) in [7, 11) is 1.72. The van der Waals surface area contributed by atoms with Gasteiger partial charge in [-0.1, -0.05) is 80.6 Å². The molecule has 0 heterocycles. The summed E-state index contributed by atoms with van der Waals surface area (Å²) in [6.45, 7) is 6.01. The molecule has 0 aliphatic carbocycles. The van der Waals surface area contributed by atoms with Crippen LogP contribution in [0.15, 0.2) is 73.3 Å². The Morgan fingerprint density at radius 3 is 2.00 bits per heavy atom. The first kappa shape index (κ1) is 17.0. The molecule has 3 aromatic rings. The van der Waals surface area contributed by atoms with Crippen LogP contribution in [0.5, 0.6) is 5.75 Å². The molecular formula is C24H24O. The average Bonchev–Trinajstić information content (AvgIpc) is 2.68. The van der Waals surface area contributed by atoms with Crippen molar-refractivity contribution in [3.63, 3.8) is 0 Å². The molecule has 0 saturated carbocycles. The lowest BCUT2D eigenvalue weighted by Gasteiger charge is -2.12. The Bertz CT molecular complexity index is 842. The number of hydrogen-bond acceptors (Lipinski definition) is 1. The molecule has 1 nitrogen and oxygen atoms in total. The molecule has 0 radical (unpaired) electrons. The number of aryl methyl sites for hydroxylation is 1. The minimum Gasteiger partial charge on any atom is -0.497 e. The fraction of sp³-hybridized carbons (Fsp3) is 0.167. The van der Waals surface area contributed by atoms with Gasteiger partial charge < -0.3 is 4.74 Å². The summed E-state index contributed by atoms with van der Waals surface area (Å²) in [5, 5.41) is 0. The molecule has 0 aromatic heterocycles. The van der Waals surface area contributed by atoms with Crippen LogP contribution in [0.25, 0.3) is 28.3 Å². The summed E-state index contributed by atoms with van der Waals surface area (Å²) in [6.07, 6.45) is 4.04. The average molecular weight is 328 g/mol. The zero-order valence-corrected chi connectivity index (χ0v) is 15.0. The highest BCUT2D eigenvalue weighted by Crippen LogP contribution is 2.30. The van der Waals surface area contributed by atoms with Crippen molar-refractivity contribution in [3.8, 4) is 28.0 Å². The third-order valence-corrected chi connectivity index (χ3v) is 4.51. The summed E-state index contributed by atoms with van der Waals surface area (Å²) in [5.41, 5.74) is 7.46. The summed E-state index contributed by atoms with van der Waals surface area (Å²) >= 11 is 0. The van der Waals surface area contributed by atoms with Gasteiger partial charge in [0.2, 0.25) is 0 Å². The Morgan fingerprint density at radius 2 is 1.44 bits per heavy atom. The normalized spacial score (nSPS) is 10.5. The first-order chi connectivity index (χ1) is 12.2. The van der Waals surface area contributed by atoms with Crippen molar-refractivity contribution in [1.82, 2.24) is 0 Å². The van der Waals surface area contributed by atoms with Crippen LogP contribution < -0.4 is 4.74 Å². The lowest BCUT2D eigenvalue weighted by molar-refractivity contribution is 0.414. The predicted molar refractivity (Wildman–Crippen MR) is 108 cm³/mol. The summed E-state index contributed by atoms with van der Waals surface area (Å²) in [6, 6.07) is 23.6. The lowest BCUT2D eigenvalue weighted by Crippen LogP contribution is -1.92. The molecule has 0 aliphatic heterocycles. The van der Waals surface area contributed by atoms with Crippen molar-refractivity contribution < 1.29 is 4.74 Å². The second kappa shape index (κ2) is 7.85. The number of methoxy groups -OCH3 is 1. The van der Waals surface area contributed by atoms with Crippen LogP contribution >= 0.6 is 0 Å². The number of hydrogen-bond donors (Lipinski definition) is 0. The summed E-state index contributed by atoms with van der Waals surface area (Å²) < 4.78 is 5.38. The molecule has 3 aromatic carbocycles. The van der Waals surface area contributed by atoms with E-state index in [0.717, 1.165) is 24.2 Å². The predicted octanol–water partition coefficient (Wildman–Crippen LogP) is 6.62. The van der Waals surface area contributed by atoms with E-state index in [1.54, 1.807) is 7.11 Å². The van der Waals surface area contributed by atoms with Crippen LogP contribution in [0.4, 0.5) is 0 Å². The summed E-state index contributed by atoms with van der Waals surface area (Å²) in [4.78, 5) is 0. The molecule has 0 unspecified atom stereocenters. The second-order valence-corrected chi connectivity index (χ2v) is 6.18. The highest BCUT2D eigenvalue weighted by molar-refractivity contribution is 5.73. The molecular weight excluding hydrogens is 304 g/mol. The molecule has 0 amide bonds. The van der Waals surface area contributed by atoms with Gasteiger partial charge in [0.05, 0.1) is 7.11 Å².